The van der Waals surface area contributed by atoms with Crippen molar-refractivity contribution in [3.8, 4) is 23.0 Å². The van der Waals surface area contributed by atoms with E-state index < -0.39 is 17.5 Å². The molecule has 0 radical (unpaired) electrons. The number of hydrogen-bond acceptors (Lipinski definition) is 5. The van der Waals surface area contributed by atoms with E-state index in [4.69, 9.17) is 9.47 Å². The molecule has 0 spiro atoms. The smallest absolute Gasteiger partial charge is 0.340 e. The second kappa shape index (κ2) is 7.61. The second-order valence-corrected chi connectivity index (χ2v) is 4.56. The van der Waals surface area contributed by atoms with Crippen LogP contribution in [-0.2, 0) is 6.42 Å². The topological polar surface area (TPSA) is 96.2 Å². The van der Waals surface area contributed by atoms with Gasteiger partial charge in [-0.3, -0.25) is 0 Å². The molecule has 0 aliphatic heterocycles. The maximum absolute atomic E-state index is 11.3. The van der Waals surface area contributed by atoms with Gasteiger partial charge in [0.25, 0.3) is 0 Å². The predicted molar refractivity (Wildman–Crippen MR) is 77.7 cm³/mol. The van der Waals surface area contributed by atoms with Crippen molar-refractivity contribution < 1.29 is 29.6 Å². The van der Waals surface area contributed by atoms with Gasteiger partial charge in [0.2, 0.25) is 11.5 Å². The molecule has 0 atom stereocenters. The van der Waals surface area contributed by atoms with Gasteiger partial charge in [0, 0.05) is 5.56 Å². The molecule has 3 N–H and O–H groups in total. The van der Waals surface area contributed by atoms with Crippen LogP contribution in [0.15, 0.2) is 0 Å². The van der Waals surface area contributed by atoms with Crippen LogP contribution in [0, 0.1) is 0 Å². The Kier molecular flexibility index (Phi) is 6.14. The van der Waals surface area contributed by atoms with Crippen molar-refractivity contribution in [2.24, 2.45) is 0 Å². The minimum Gasteiger partial charge on any atom is -0.504 e. The normalized spacial score (nSPS) is 10.4. The number of ether oxygens (including phenoxy) is 2. The Morgan fingerprint density at radius 2 is 1.48 bits per heavy atom. The molecule has 118 valence electrons. The van der Waals surface area contributed by atoms with Gasteiger partial charge >= 0.3 is 5.97 Å². The number of phenolic OH excluding ortho intramolecular Hbond substituents is 1. The lowest BCUT2D eigenvalue weighted by atomic mass is 10.0. The average Bonchev–Trinajstić information content (AvgIpc) is 2.46. The van der Waals surface area contributed by atoms with Gasteiger partial charge in [-0.15, -0.1) is 0 Å². The first-order valence-electron chi connectivity index (χ1n) is 7.09. The predicted octanol–water partition coefficient (Wildman–Crippen LogP) is 2.94. The highest BCUT2D eigenvalue weighted by molar-refractivity contribution is 5.95. The maximum atomic E-state index is 11.3. The fourth-order valence-corrected chi connectivity index (χ4v) is 1.99. The number of carboxylic acids is 1. The fourth-order valence-electron chi connectivity index (χ4n) is 1.99. The average molecular weight is 298 g/mol. The van der Waals surface area contributed by atoms with Crippen LogP contribution in [0.25, 0.3) is 0 Å². The zero-order valence-electron chi connectivity index (χ0n) is 12.6. The minimum absolute atomic E-state index is 0.00431. The second-order valence-electron chi connectivity index (χ2n) is 4.56. The van der Waals surface area contributed by atoms with Gasteiger partial charge in [-0.2, -0.15) is 0 Å². The Hall–Kier alpha value is -2.11. The van der Waals surface area contributed by atoms with Crippen LogP contribution < -0.4 is 9.47 Å². The fraction of sp³-hybridized carbons (Fsp3) is 0.533. The molecule has 0 bridgehead atoms. The number of hydrogen-bond donors (Lipinski definition) is 3. The molecule has 0 aliphatic carbocycles. The molecule has 0 unspecified atom stereocenters. The number of carboxylic acid groups (broad SMARTS) is 1. The van der Waals surface area contributed by atoms with Crippen LogP contribution in [-0.4, -0.2) is 34.5 Å². The van der Waals surface area contributed by atoms with Crippen molar-refractivity contribution in [1.82, 2.24) is 0 Å². The molecule has 0 saturated heterocycles. The van der Waals surface area contributed by atoms with Gasteiger partial charge in [0.05, 0.1) is 13.2 Å². The summed E-state index contributed by atoms with van der Waals surface area (Å²) in [5.41, 5.74) is -0.0256. The SMILES string of the molecule is CCCOc1c(O)c(O)c(C(=O)O)c(CC)c1OCCC. The molecule has 0 amide bonds. The highest BCUT2D eigenvalue weighted by Crippen LogP contribution is 2.49. The Bertz CT molecular complexity index is 510. The third kappa shape index (κ3) is 3.51. The highest BCUT2D eigenvalue weighted by atomic mass is 16.5. The highest BCUT2D eigenvalue weighted by Gasteiger charge is 2.28. The minimum atomic E-state index is -1.32. The molecule has 0 fully saturated rings. The molecule has 0 aliphatic rings. The lowest BCUT2D eigenvalue weighted by Gasteiger charge is -2.19. The van der Waals surface area contributed by atoms with Crippen LogP contribution in [0.3, 0.4) is 0 Å². The number of phenols is 2. The van der Waals surface area contributed by atoms with Crippen molar-refractivity contribution in [2.45, 2.75) is 40.0 Å². The van der Waals surface area contributed by atoms with Crippen molar-refractivity contribution in [3.63, 3.8) is 0 Å². The summed E-state index contributed by atoms with van der Waals surface area (Å²) in [6.07, 6.45) is 1.76. The largest absolute Gasteiger partial charge is 0.504 e. The van der Waals surface area contributed by atoms with E-state index in [1.165, 1.54) is 0 Å². The zero-order valence-corrected chi connectivity index (χ0v) is 12.6. The standard InChI is InChI=1S/C15H22O6/c1-4-7-20-13-9(6-3)10(15(18)19)11(16)12(17)14(13)21-8-5-2/h16-17H,4-8H2,1-3H3,(H,18,19). The van der Waals surface area contributed by atoms with Gasteiger partial charge in [0.15, 0.2) is 11.5 Å². The summed E-state index contributed by atoms with van der Waals surface area (Å²) in [7, 11) is 0. The number of benzene rings is 1. The molecule has 21 heavy (non-hydrogen) atoms. The van der Waals surface area contributed by atoms with E-state index in [-0.39, 0.29) is 17.1 Å². The van der Waals surface area contributed by atoms with Crippen LogP contribution in [0.5, 0.6) is 23.0 Å². The van der Waals surface area contributed by atoms with Crippen molar-refractivity contribution in [3.05, 3.63) is 11.1 Å². The van der Waals surface area contributed by atoms with Gasteiger partial charge in [-0.1, -0.05) is 20.8 Å². The first-order valence-corrected chi connectivity index (χ1v) is 7.09. The van der Waals surface area contributed by atoms with Gasteiger partial charge in [-0.05, 0) is 19.3 Å². The van der Waals surface area contributed by atoms with E-state index in [1.54, 1.807) is 6.92 Å². The van der Waals surface area contributed by atoms with Crippen LogP contribution >= 0.6 is 0 Å². The lowest BCUT2D eigenvalue weighted by Crippen LogP contribution is -2.09. The van der Waals surface area contributed by atoms with E-state index >= 15 is 0 Å². The molecule has 0 aromatic heterocycles. The Balaban J connectivity index is 3.53. The summed E-state index contributed by atoms with van der Waals surface area (Å²) in [4.78, 5) is 11.3. The number of aromatic hydroxyl groups is 2. The van der Waals surface area contributed by atoms with Crippen molar-refractivity contribution >= 4 is 5.97 Å². The summed E-state index contributed by atoms with van der Waals surface area (Å²) in [5, 5.41) is 29.2. The first-order chi connectivity index (χ1) is 9.99. The Labute approximate surface area is 123 Å². The molecule has 1 aromatic carbocycles. The molecule has 0 heterocycles. The van der Waals surface area contributed by atoms with E-state index in [9.17, 15) is 20.1 Å². The third-order valence-corrected chi connectivity index (χ3v) is 2.93. The van der Waals surface area contributed by atoms with Crippen molar-refractivity contribution in [2.75, 3.05) is 13.2 Å². The quantitative estimate of drug-likeness (QED) is 0.639. The molecule has 0 saturated carbocycles. The lowest BCUT2D eigenvalue weighted by molar-refractivity contribution is 0.0690. The number of aromatic carboxylic acids is 1. The summed E-state index contributed by atoms with van der Waals surface area (Å²) >= 11 is 0. The summed E-state index contributed by atoms with van der Waals surface area (Å²) in [6.45, 7) is 6.25. The molecule has 6 nitrogen and oxygen atoms in total. The van der Waals surface area contributed by atoms with E-state index in [1.807, 2.05) is 13.8 Å². The van der Waals surface area contributed by atoms with Crippen molar-refractivity contribution in [1.29, 1.82) is 0 Å². The van der Waals surface area contributed by atoms with E-state index in [2.05, 4.69) is 0 Å². The van der Waals surface area contributed by atoms with Gasteiger partial charge in [0.1, 0.15) is 5.56 Å². The number of carbonyl (C=O) groups is 1. The molecular formula is C15H22O6. The molecule has 1 aromatic rings. The Morgan fingerprint density at radius 1 is 0.952 bits per heavy atom. The van der Waals surface area contributed by atoms with Crippen LogP contribution in [0.1, 0.15) is 49.5 Å². The monoisotopic (exact) mass is 298 g/mol. The maximum Gasteiger partial charge on any atom is 0.340 e. The Morgan fingerprint density at radius 3 is 1.90 bits per heavy atom. The molecular weight excluding hydrogens is 276 g/mol. The van der Waals surface area contributed by atoms with Crippen LogP contribution in [0.4, 0.5) is 0 Å². The van der Waals surface area contributed by atoms with E-state index in [0.717, 1.165) is 6.42 Å². The summed E-state index contributed by atoms with van der Waals surface area (Å²) in [5.74, 6) is -2.40. The van der Waals surface area contributed by atoms with Crippen LogP contribution in [0.2, 0.25) is 0 Å². The van der Waals surface area contributed by atoms with E-state index in [0.29, 0.717) is 31.6 Å². The number of rotatable bonds is 8. The molecule has 1 rings (SSSR count). The van der Waals surface area contributed by atoms with Gasteiger partial charge < -0.3 is 24.8 Å². The summed E-state index contributed by atoms with van der Waals surface area (Å²) < 4.78 is 11.0. The third-order valence-electron chi connectivity index (χ3n) is 2.93. The molecule has 6 heteroatoms. The first kappa shape index (κ1) is 16.9. The zero-order chi connectivity index (χ0) is 16.0. The summed E-state index contributed by atoms with van der Waals surface area (Å²) in [6, 6.07) is 0. The van der Waals surface area contributed by atoms with Gasteiger partial charge in [-0.25, -0.2) is 4.79 Å².